The molecule has 0 aliphatic heterocycles. The zero-order chi connectivity index (χ0) is 19.9. The molecule has 0 fully saturated rings. The second-order valence-electron chi connectivity index (χ2n) is 6.98. The molecule has 25 heavy (non-hydrogen) atoms. The highest BCUT2D eigenvalue weighted by molar-refractivity contribution is 6.74. The first kappa shape index (κ1) is 23.1. The number of carbonyl (C=O) groups is 3. The molecular formula is C16H29NO7Si. The fourth-order valence-corrected chi connectivity index (χ4v) is 2.53. The lowest BCUT2D eigenvalue weighted by Gasteiger charge is -2.39. The van der Waals surface area contributed by atoms with Crippen LogP contribution in [0, 0.1) is 0 Å². The van der Waals surface area contributed by atoms with Crippen molar-refractivity contribution in [3.8, 4) is 0 Å². The summed E-state index contributed by atoms with van der Waals surface area (Å²) in [5.41, 5.74) is -1.72. The first-order valence-corrected chi connectivity index (χ1v) is 10.6. The van der Waals surface area contributed by atoms with Crippen LogP contribution in [0.5, 0.6) is 0 Å². The van der Waals surface area contributed by atoms with Gasteiger partial charge in [0.25, 0.3) is 0 Å². The molecule has 0 spiro atoms. The van der Waals surface area contributed by atoms with E-state index in [2.05, 4.69) is 14.8 Å². The molecule has 0 aliphatic carbocycles. The Morgan fingerprint density at radius 1 is 1.00 bits per heavy atom. The fourth-order valence-electron chi connectivity index (χ4n) is 1.51. The van der Waals surface area contributed by atoms with Crippen LogP contribution < -0.4 is 5.32 Å². The van der Waals surface area contributed by atoms with Crippen LogP contribution in [-0.2, 0) is 28.2 Å². The monoisotopic (exact) mass is 375 g/mol. The largest absolute Gasteiger partial charge is 0.467 e. The molecule has 0 aromatic rings. The summed E-state index contributed by atoms with van der Waals surface area (Å²) in [7, 11) is 1.29. The van der Waals surface area contributed by atoms with E-state index in [1.54, 1.807) is 0 Å². The van der Waals surface area contributed by atoms with Gasteiger partial charge in [0, 0.05) is 6.08 Å². The zero-order valence-corrected chi connectivity index (χ0v) is 17.2. The van der Waals surface area contributed by atoms with Gasteiger partial charge in [0.2, 0.25) is 0 Å². The summed E-state index contributed by atoms with van der Waals surface area (Å²) >= 11 is 0. The van der Waals surface area contributed by atoms with Gasteiger partial charge in [0.05, 0.1) is 27.9 Å². The minimum Gasteiger partial charge on any atom is -0.467 e. The molecule has 0 heterocycles. The van der Waals surface area contributed by atoms with Gasteiger partial charge in [0.1, 0.15) is 0 Å². The fraction of sp³-hybridized carbons (Fsp3) is 0.688. The molecule has 0 aromatic carbocycles. The molecule has 1 amide bonds. The zero-order valence-electron chi connectivity index (χ0n) is 16.2. The first-order valence-electron chi connectivity index (χ1n) is 7.71. The molecular weight excluding hydrogens is 346 g/mol. The maximum absolute atomic E-state index is 12.4. The van der Waals surface area contributed by atoms with Crippen molar-refractivity contribution in [3.05, 3.63) is 12.2 Å². The number of hydrogen-bond donors (Lipinski definition) is 1. The van der Waals surface area contributed by atoms with Gasteiger partial charge in [-0.1, -0.05) is 20.8 Å². The van der Waals surface area contributed by atoms with Gasteiger partial charge >= 0.3 is 18.0 Å². The number of hydrogen-bond acceptors (Lipinski definition) is 7. The number of carbonyl (C=O) groups excluding carboxylic acids is 3. The summed E-state index contributed by atoms with van der Waals surface area (Å²) in [6, 6.07) is 0. The van der Waals surface area contributed by atoms with Gasteiger partial charge in [-0.3, -0.25) is 5.32 Å². The van der Waals surface area contributed by atoms with Crippen molar-refractivity contribution in [3.63, 3.8) is 0 Å². The summed E-state index contributed by atoms with van der Waals surface area (Å²) in [6.07, 6.45) is 1.36. The number of nitrogens with one attached hydrogen (secondary N) is 1. The second-order valence-corrected chi connectivity index (χ2v) is 11.8. The molecule has 8 nitrogen and oxygen atoms in total. The van der Waals surface area contributed by atoms with E-state index in [0.29, 0.717) is 0 Å². The Kier molecular flexibility index (Phi) is 8.33. The Balaban J connectivity index is 5.82. The third kappa shape index (κ3) is 6.50. The number of rotatable bonds is 7. The van der Waals surface area contributed by atoms with Gasteiger partial charge in [-0.05, 0) is 24.2 Å². The summed E-state index contributed by atoms with van der Waals surface area (Å²) in [5, 5.41) is 2.28. The van der Waals surface area contributed by atoms with Crippen LogP contribution in [-0.4, -0.2) is 59.8 Å². The number of ether oxygens (including phenoxy) is 3. The third-order valence-electron chi connectivity index (χ3n) is 4.23. The number of methoxy groups -OCH3 is 3. The maximum atomic E-state index is 12.4. The highest BCUT2D eigenvalue weighted by Gasteiger charge is 2.44. The Morgan fingerprint density at radius 3 is 1.96 bits per heavy atom. The van der Waals surface area contributed by atoms with Gasteiger partial charge in [0.15, 0.2) is 13.9 Å². The van der Waals surface area contributed by atoms with Crippen LogP contribution in [0.3, 0.4) is 0 Å². The third-order valence-corrected chi connectivity index (χ3v) is 8.71. The quantitative estimate of drug-likeness (QED) is 0.314. The Labute approximate surface area is 150 Å². The average molecular weight is 375 g/mol. The second kappa shape index (κ2) is 9.00. The van der Waals surface area contributed by atoms with Crippen LogP contribution >= 0.6 is 0 Å². The maximum Gasteiger partial charge on any atom is 0.408 e. The van der Waals surface area contributed by atoms with Gasteiger partial charge in [-0.25, -0.2) is 14.4 Å². The lowest BCUT2D eigenvalue weighted by Crippen LogP contribution is -2.59. The smallest absolute Gasteiger partial charge is 0.408 e. The lowest BCUT2D eigenvalue weighted by atomic mass is 10.0. The van der Waals surface area contributed by atoms with E-state index < -0.39 is 31.9 Å². The van der Waals surface area contributed by atoms with Gasteiger partial charge < -0.3 is 18.6 Å². The molecule has 1 N–H and O–H groups in total. The SMILES string of the molecule is COC(=O)/C=C/[C@](CO[Si](C)(C)C(C)(C)C)(NC(=O)OC)C(=O)OC. The van der Waals surface area contributed by atoms with Crippen LogP contribution in [0.1, 0.15) is 20.8 Å². The molecule has 0 radical (unpaired) electrons. The van der Waals surface area contributed by atoms with Crippen molar-refractivity contribution >= 4 is 26.3 Å². The highest BCUT2D eigenvalue weighted by atomic mass is 28.4. The van der Waals surface area contributed by atoms with E-state index in [1.165, 1.54) is 20.3 Å². The minimum absolute atomic E-state index is 0.119. The van der Waals surface area contributed by atoms with E-state index in [-0.39, 0.29) is 11.6 Å². The van der Waals surface area contributed by atoms with Crippen molar-refractivity contribution in [2.24, 2.45) is 0 Å². The molecule has 9 heteroatoms. The standard InChI is InChI=1S/C16H29NO7Si/c1-15(2,3)25(7,8)24-11-16(13(19)22-5,17-14(20)23-6)10-9-12(18)21-4/h9-10H,11H2,1-8H3,(H,17,20)/b10-9+/t16-/m1/s1. The van der Waals surface area contributed by atoms with E-state index in [4.69, 9.17) is 9.16 Å². The van der Waals surface area contributed by atoms with Gasteiger partial charge in [-0.2, -0.15) is 0 Å². The van der Waals surface area contributed by atoms with Crippen molar-refractivity contribution < 1.29 is 33.0 Å². The summed E-state index contributed by atoms with van der Waals surface area (Å²) in [5.74, 6) is -1.48. The molecule has 144 valence electrons. The van der Waals surface area contributed by atoms with Gasteiger partial charge in [-0.15, -0.1) is 0 Å². The average Bonchev–Trinajstić information content (AvgIpc) is 2.54. The highest BCUT2D eigenvalue weighted by Crippen LogP contribution is 2.37. The molecule has 1 atom stereocenters. The summed E-state index contributed by atoms with van der Waals surface area (Å²) in [4.78, 5) is 35.6. The van der Waals surface area contributed by atoms with Crippen molar-refractivity contribution in [1.82, 2.24) is 5.32 Å². The molecule has 0 saturated carbocycles. The van der Waals surface area contributed by atoms with Crippen molar-refractivity contribution in [2.45, 2.75) is 44.4 Å². The van der Waals surface area contributed by atoms with Crippen LogP contribution in [0.2, 0.25) is 18.1 Å². The molecule has 0 rings (SSSR count). The van der Waals surface area contributed by atoms with Crippen molar-refractivity contribution in [1.29, 1.82) is 0 Å². The van der Waals surface area contributed by atoms with E-state index in [9.17, 15) is 14.4 Å². The van der Waals surface area contributed by atoms with Crippen molar-refractivity contribution in [2.75, 3.05) is 27.9 Å². The van der Waals surface area contributed by atoms with E-state index >= 15 is 0 Å². The minimum atomic E-state index is -2.25. The first-order chi connectivity index (χ1) is 11.3. The number of esters is 2. The molecule has 0 saturated heterocycles. The van der Waals surface area contributed by atoms with E-state index in [1.807, 2.05) is 33.9 Å². The molecule has 0 bridgehead atoms. The number of amides is 1. The van der Waals surface area contributed by atoms with Crippen LogP contribution in [0.15, 0.2) is 12.2 Å². The van der Waals surface area contributed by atoms with Crippen LogP contribution in [0.25, 0.3) is 0 Å². The topological polar surface area (TPSA) is 100 Å². The normalized spacial score (nSPS) is 14.6. The molecule has 0 aromatic heterocycles. The Bertz CT molecular complexity index is 525. The molecule has 0 aliphatic rings. The lowest BCUT2D eigenvalue weighted by molar-refractivity contribution is -0.147. The predicted octanol–water partition coefficient (Wildman–Crippen LogP) is 2.01. The summed E-state index contributed by atoms with van der Waals surface area (Å²) in [6.45, 7) is 9.90. The Hall–Kier alpha value is -1.87. The van der Waals surface area contributed by atoms with Crippen LogP contribution in [0.4, 0.5) is 4.79 Å². The summed E-state index contributed by atoms with van der Waals surface area (Å²) < 4.78 is 20.0. The molecule has 0 unspecified atom stereocenters. The number of alkyl carbamates (subject to hydrolysis) is 1. The Morgan fingerprint density at radius 2 is 1.56 bits per heavy atom. The van der Waals surface area contributed by atoms with E-state index in [0.717, 1.165) is 13.2 Å². The predicted molar refractivity (Wildman–Crippen MR) is 94.6 cm³/mol.